The topological polar surface area (TPSA) is 120 Å². The first kappa shape index (κ1) is 21.5. The number of benzene rings is 1. The van der Waals surface area contributed by atoms with Gasteiger partial charge < -0.3 is 25.0 Å². The number of H-pyrrole nitrogens is 1. The Kier molecular flexibility index (Phi) is 5.93. The van der Waals surface area contributed by atoms with E-state index in [0.29, 0.717) is 71.8 Å². The SMILES string of the molecule is CCOc1ccc(F)cc1-c1ncnc2c(C(=O)NC3CCN(C(=O)O)CC3)c(C)[nH]c12. The Morgan fingerprint density at radius 1 is 1.31 bits per heavy atom. The lowest BCUT2D eigenvalue weighted by atomic mass is 10.0. The number of nitrogens with zero attached hydrogens (tertiary/aromatic N) is 3. The number of carbonyl (C=O) groups is 2. The number of nitrogens with one attached hydrogen (secondary N) is 2. The van der Waals surface area contributed by atoms with Gasteiger partial charge in [0.15, 0.2) is 0 Å². The third-order valence-electron chi connectivity index (χ3n) is 5.60. The van der Waals surface area contributed by atoms with Gasteiger partial charge in [-0.25, -0.2) is 19.2 Å². The zero-order valence-corrected chi connectivity index (χ0v) is 17.8. The van der Waals surface area contributed by atoms with Gasteiger partial charge in [0.2, 0.25) is 0 Å². The second-order valence-corrected chi connectivity index (χ2v) is 7.66. The molecule has 0 saturated carbocycles. The van der Waals surface area contributed by atoms with Crippen molar-refractivity contribution in [2.45, 2.75) is 32.7 Å². The zero-order valence-electron chi connectivity index (χ0n) is 17.8. The number of carbonyl (C=O) groups excluding carboxylic acids is 1. The first-order valence-corrected chi connectivity index (χ1v) is 10.4. The van der Waals surface area contributed by atoms with Crippen LogP contribution in [0, 0.1) is 12.7 Å². The third kappa shape index (κ3) is 4.08. The van der Waals surface area contributed by atoms with E-state index in [4.69, 9.17) is 9.84 Å². The number of piperidine rings is 1. The molecule has 32 heavy (non-hydrogen) atoms. The highest BCUT2D eigenvalue weighted by atomic mass is 19.1. The van der Waals surface area contributed by atoms with Crippen molar-refractivity contribution in [3.05, 3.63) is 41.6 Å². The van der Waals surface area contributed by atoms with Crippen molar-refractivity contribution in [2.75, 3.05) is 19.7 Å². The summed E-state index contributed by atoms with van der Waals surface area (Å²) in [6.07, 6.45) is 1.48. The fraction of sp³-hybridized carbons (Fsp3) is 0.364. The molecule has 9 nitrogen and oxygen atoms in total. The fourth-order valence-corrected chi connectivity index (χ4v) is 4.04. The molecule has 1 aliphatic heterocycles. The summed E-state index contributed by atoms with van der Waals surface area (Å²) in [6.45, 7) is 4.76. The van der Waals surface area contributed by atoms with E-state index < -0.39 is 11.9 Å². The van der Waals surface area contributed by atoms with Gasteiger partial charge in [-0.1, -0.05) is 0 Å². The lowest BCUT2D eigenvalue weighted by Crippen LogP contribution is -2.46. The molecule has 1 fully saturated rings. The normalized spacial score (nSPS) is 14.5. The number of aromatic amines is 1. The quantitative estimate of drug-likeness (QED) is 0.559. The van der Waals surface area contributed by atoms with E-state index in [0.717, 1.165) is 0 Å². The van der Waals surface area contributed by atoms with Crippen LogP contribution < -0.4 is 10.1 Å². The summed E-state index contributed by atoms with van der Waals surface area (Å²) in [7, 11) is 0. The molecule has 1 saturated heterocycles. The van der Waals surface area contributed by atoms with E-state index >= 15 is 0 Å². The monoisotopic (exact) mass is 441 g/mol. The average Bonchev–Trinajstić information content (AvgIpc) is 3.11. The Morgan fingerprint density at radius 3 is 2.75 bits per heavy atom. The number of aromatic nitrogens is 3. The number of ether oxygens (including phenoxy) is 1. The third-order valence-corrected chi connectivity index (χ3v) is 5.60. The summed E-state index contributed by atoms with van der Waals surface area (Å²) in [5.74, 6) is -0.238. The van der Waals surface area contributed by atoms with Crippen LogP contribution in [0.2, 0.25) is 0 Å². The molecule has 0 unspecified atom stereocenters. The Labute approximate surface area is 183 Å². The minimum Gasteiger partial charge on any atom is -0.493 e. The molecule has 2 aromatic heterocycles. The summed E-state index contributed by atoms with van der Waals surface area (Å²) in [4.78, 5) is 37.3. The van der Waals surface area contributed by atoms with Crippen LogP contribution in [0.5, 0.6) is 5.75 Å². The largest absolute Gasteiger partial charge is 0.493 e. The first-order valence-electron chi connectivity index (χ1n) is 10.4. The molecule has 0 radical (unpaired) electrons. The van der Waals surface area contributed by atoms with Gasteiger partial charge in [0.05, 0.1) is 17.7 Å². The summed E-state index contributed by atoms with van der Waals surface area (Å²) in [6, 6.07) is 4.09. The van der Waals surface area contributed by atoms with E-state index in [2.05, 4.69) is 20.3 Å². The second kappa shape index (κ2) is 8.81. The van der Waals surface area contributed by atoms with E-state index in [1.807, 2.05) is 6.92 Å². The highest BCUT2D eigenvalue weighted by molar-refractivity contribution is 6.09. The summed E-state index contributed by atoms with van der Waals surface area (Å²) in [5.41, 5.74) is 2.85. The Hall–Kier alpha value is -3.69. The number of carboxylic acid groups (broad SMARTS) is 1. The molecule has 1 aromatic carbocycles. The van der Waals surface area contributed by atoms with Crippen molar-refractivity contribution in [3.63, 3.8) is 0 Å². The summed E-state index contributed by atoms with van der Waals surface area (Å²) >= 11 is 0. The predicted molar refractivity (Wildman–Crippen MR) is 115 cm³/mol. The average molecular weight is 441 g/mol. The number of fused-ring (bicyclic) bond motifs is 1. The molecule has 0 bridgehead atoms. The van der Waals surface area contributed by atoms with Gasteiger partial charge in [0, 0.05) is 30.4 Å². The van der Waals surface area contributed by atoms with Crippen LogP contribution in [0.25, 0.3) is 22.3 Å². The molecule has 4 rings (SSSR count). The minimum absolute atomic E-state index is 0.128. The van der Waals surface area contributed by atoms with Gasteiger partial charge in [-0.15, -0.1) is 0 Å². The molecule has 10 heteroatoms. The molecule has 1 aliphatic rings. The molecule has 3 heterocycles. The number of amides is 2. The van der Waals surface area contributed by atoms with Gasteiger partial charge in [-0.3, -0.25) is 4.79 Å². The number of rotatable bonds is 5. The van der Waals surface area contributed by atoms with Crippen LogP contribution in [0.3, 0.4) is 0 Å². The van der Waals surface area contributed by atoms with E-state index in [1.54, 1.807) is 13.0 Å². The van der Waals surface area contributed by atoms with Gasteiger partial charge in [0.1, 0.15) is 29.1 Å². The molecular formula is C22H24FN5O4. The number of likely N-dealkylation sites (tertiary alicyclic amines) is 1. The van der Waals surface area contributed by atoms with Crippen molar-refractivity contribution in [1.82, 2.24) is 25.2 Å². The van der Waals surface area contributed by atoms with E-state index in [1.165, 1.54) is 23.4 Å². The van der Waals surface area contributed by atoms with Gasteiger partial charge in [0.25, 0.3) is 5.91 Å². The predicted octanol–water partition coefficient (Wildman–Crippen LogP) is 3.34. The van der Waals surface area contributed by atoms with Crippen molar-refractivity contribution < 1.29 is 23.8 Å². The molecule has 0 atom stereocenters. The van der Waals surface area contributed by atoms with Crippen molar-refractivity contribution in [2.24, 2.45) is 0 Å². The maximum atomic E-state index is 14.0. The van der Waals surface area contributed by atoms with Crippen LogP contribution >= 0.6 is 0 Å². The standard InChI is InChI=1S/C22H24FN5O4/c1-3-32-16-5-4-13(23)10-15(16)18-20-19(25-11-24-18)17(12(2)26-20)21(29)27-14-6-8-28(9-7-14)22(30)31/h4-5,10-11,14,26H,3,6-9H2,1-2H3,(H,27,29)(H,30,31). The number of hydrogen-bond donors (Lipinski definition) is 3. The molecule has 168 valence electrons. The first-order chi connectivity index (χ1) is 15.4. The summed E-state index contributed by atoms with van der Waals surface area (Å²) in [5, 5.41) is 12.1. The molecule has 2 amide bonds. The smallest absolute Gasteiger partial charge is 0.407 e. The van der Waals surface area contributed by atoms with Crippen LogP contribution in [0.4, 0.5) is 9.18 Å². The Balaban J connectivity index is 1.66. The maximum absolute atomic E-state index is 14.0. The minimum atomic E-state index is -0.949. The fourth-order valence-electron chi connectivity index (χ4n) is 4.04. The van der Waals surface area contributed by atoms with Crippen molar-refractivity contribution in [1.29, 1.82) is 0 Å². The van der Waals surface area contributed by atoms with Crippen LogP contribution in [-0.2, 0) is 0 Å². The molecule has 0 aliphatic carbocycles. The second-order valence-electron chi connectivity index (χ2n) is 7.66. The van der Waals surface area contributed by atoms with Gasteiger partial charge in [-0.2, -0.15) is 0 Å². The Morgan fingerprint density at radius 2 is 2.06 bits per heavy atom. The molecule has 3 aromatic rings. The highest BCUT2D eigenvalue weighted by Gasteiger charge is 2.27. The van der Waals surface area contributed by atoms with E-state index in [-0.39, 0.29) is 11.9 Å². The molecular weight excluding hydrogens is 417 g/mol. The van der Waals surface area contributed by atoms with Crippen molar-refractivity contribution >= 4 is 23.0 Å². The number of hydrogen-bond acceptors (Lipinski definition) is 5. The lowest BCUT2D eigenvalue weighted by molar-refractivity contribution is 0.0908. The van der Waals surface area contributed by atoms with Gasteiger partial charge >= 0.3 is 6.09 Å². The van der Waals surface area contributed by atoms with Gasteiger partial charge in [-0.05, 0) is 44.9 Å². The maximum Gasteiger partial charge on any atom is 0.407 e. The van der Waals surface area contributed by atoms with Crippen LogP contribution in [0.1, 0.15) is 35.8 Å². The summed E-state index contributed by atoms with van der Waals surface area (Å²) < 4.78 is 19.7. The van der Waals surface area contributed by atoms with Crippen LogP contribution in [-0.4, -0.2) is 62.7 Å². The molecule has 0 spiro atoms. The number of halogens is 1. The lowest BCUT2D eigenvalue weighted by Gasteiger charge is -2.30. The van der Waals surface area contributed by atoms with Crippen molar-refractivity contribution in [3.8, 4) is 17.0 Å². The van der Waals surface area contributed by atoms with Crippen LogP contribution in [0.15, 0.2) is 24.5 Å². The highest BCUT2D eigenvalue weighted by Crippen LogP contribution is 2.34. The van der Waals surface area contributed by atoms with E-state index in [9.17, 15) is 14.0 Å². The Bertz CT molecular complexity index is 1170. The zero-order chi connectivity index (χ0) is 22.8. The number of aryl methyl sites for hydroxylation is 1. The molecule has 3 N–H and O–H groups in total.